The van der Waals surface area contributed by atoms with Crippen LogP contribution in [0.5, 0.6) is 0 Å². The summed E-state index contributed by atoms with van der Waals surface area (Å²) >= 11 is 0. The van der Waals surface area contributed by atoms with Crippen LogP contribution in [0.15, 0.2) is 48.5 Å². The molecule has 2 heterocycles. The van der Waals surface area contributed by atoms with Gasteiger partial charge in [0.2, 0.25) is 0 Å². The number of hydrogen-bond acceptors (Lipinski definition) is 5. The fraction of sp³-hybridized carbons (Fsp3) is 0.538. The van der Waals surface area contributed by atoms with Crippen LogP contribution in [0.4, 0.5) is 26.3 Å². The smallest absolute Gasteiger partial charge is 0.372 e. The largest absolute Gasteiger partial charge is 0.416 e. The highest BCUT2D eigenvalue weighted by Gasteiger charge is 2.46. The number of halogens is 6. The summed E-state index contributed by atoms with van der Waals surface area (Å²) in [4.78, 5) is 2.09. The summed E-state index contributed by atoms with van der Waals surface area (Å²) < 4.78 is 97.7. The highest BCUT2D eigenvalue weighted by molar-refractivity contribution is 5.35. The molecule has 0 spiro atoms. The Balaban J connectivity index is 1.64. The molecule has 37 heavy (non-hydrogen) atoms. The molecule has 4 rings (SSSR count). The van der Waals surface area contributed by atoms with Crippen molar-refractivity contribution in [3.8, 4) is 0 Å². The van der Waals surface area contributed by atoms with E-state index >= 15 is 0 Å². The minimum Gasteiger partial charge on any atom is -0.372 e. The maximum absolute atomic E-state index is 13.4. The zero-order valence-electron chi connectivity index (χ0n) is 20.5. The van der Waals surface area contributed by atoms with Crippen LogP contribution >= 0.6 is 0 Å². The minimum atomic E-state index is -4.93. The molecule has 2 aromatic carbocycles. The van der Waals surface area contributed by atoms with Crippen molar-refractivity contribution in [1.82, 2.24) is 4.90 Å². The Bertz CT molecular complexity index is 1030. The average Bonchev–Trinajstić information content (AvgIpc) is 2.82. The summed E-state index contributed by atoms with van der Waals surface area (Å²) in [5.74, 6) is 0. The Labute approximate surface area is 211 Å². The van der Waals surface area contributed by atoms with Crippen molar-refractivity contribution >= 4 is 0 Å². The standard InChI is InChI=1S/C26H30F6N2O3/c1-16(18-10-20(25(27,28)29)12-21(11-18)26(30,31)32)35-15-24(19-6-4-3-5-7-19)9-8-22(33)13-34(24)14-23-36-17(2)37-23/h3-7,10-12,16-17,22-23H,8-9,13-15,33H2,1-2H3/t16-,17?,22-,23?,24-/m1/s1. The first kappa shape index (κ1) is 27.8. The molecule has 0 saturated carbocycles. The zero-order chi connectivity index (χ0) is 27.0. The summed E-state index contributed by atoms with van der Waals surface area (Å²) in [6.07, 6.45) is -10.5. The predicted octanol–water partition coefficient (Wildman–Crippen LogP) is 5.84. The molecular weight excluding hydrogens is 502 g/mol. The van der Waals surface area contributed by atoms with Crippen LogP contribution in [0.1, 0.15) is 55.0 Å². The van der Waals surface area contributed by atoms with Crippen molar-refractivity contribution < 1.29 is 40.6 Å². The highest BCUT2D eigenvalue weighted by atomic mass is 19.4. The number of nitrogens with zero attached hydrogens (tertiary/aromatic N) is 1. The number of likely N-dealkylation sites (tertiary alicyclic amines) is 1. The molecule has 2 aliphatic heterocycles. The number of piperidine rings is 1. The Kier molecular flexibility index (Phi) is 7.92. The van der Waals surface area contributed by atoms with Crippen LogP contribution in [0.3, 0.4) is 0 Å². The van der Waals surface area contributed by atoms with Gasteiger partial charge in [0.05, 0.1) is 35.9 Å². The molecule has 2 aromatic rings. The van der Waals surface area contributed by atoms with Gasteiger partial charge in [-0.25, -0.2) is 0 Å². The second kappa shape index (κ2) is 10.5. The molecule has 3 atom stereocenters. The maximum Gasteiger partial charge on any atom is 0.416 e. The van der Waals surface area contributed by atoms with Crippen LogP contribution in [0, 0.1) is 0 Å². The van der Waals surface area contributed by atoms with Gasteiger partial charge in [0.25, 0.3) is 0 Å². The molecule has 0 aromatic heterocycles. The summed E-state index contributed by atoms with van der Waals surface area (Å²) in [5.41, 5.74) is 3.50. The highest BCUT2D eigenvalue weighted by Crippen LogP contribution is 2.41. The Morgan fingerprint density at radius 2 is 1.62 bits per heavy atom. The maximum atomic E-state index is 13.4. The molecule has 2 saturated heterocycles. The average molecular weight is 533 g/mol. The lowest BCUT2D eigenvalue weighted by molar-refractivity contribution is -0.381. The topological polar surface area (TPSA) is 57.0 Å². The van der Waals surface area contributed by atoms with E-state index < -0.39 is 41.4 Å². The van der Waals surface area contributed by atoms with Crippen molar-refractivity contribution in [2.24, 2.45) is 5.73 Å². The summed E-state index contributed by atoms with van der Waals surface area (Å²) in [6, 6.07) is 10.9. The van der Waals surface area contributed by atoms with Gasteiger partial charge in [-0.05, 0) is 56.0 Å². The molecule has 5 nitrogen and oxygen atoms in total. The van der Waals surface area contributed by atoms with Gasteiger partial charge < -0.3 is 19.9 Å². The van der Waals surface area contributed by atoms with Crippen LogP contribution in [0.2, 0.25) is 0 Å². The number of hydrogen-bond donors (Lipinski definition) is 1. The predicted molar refractivity (Wildman–Crippen MR) is 123 cm³/mol. The quantitative estimate of drug-likeness (QED) is 0.454. The van der Waals surface area contributed by atoms with Crippen LogP contribution in [0.25, 0.3) is 0 Å². The normalized spacial score (nSPS) is 28.1. The molecule has 0 bridgehead atoms. The van der Waals surface area contributed by atoms with E-state index in [1.165, 1.54) is 6.92 Å². The van der Waals surface area contributed by atoms with Gasteiger partial charge in [-0.3, -0.25) is 4.90 Å². The number of nitrogens with two attached hydrogens (primary N) is 1. The molecule has 2 fully saturated rings. The van der Waals surface area contributed by atoms with Crippen LogP contribution in [-0.2, 0) is 32.1 Å². The van der Waals surface area contributed by atoms with Crippen LogP contribution in [-0.4, -0.2) is 43.2 Å². The van der Waals surface area contributed by atoms with Gasteiger partial charge in [0, 0.05) is 12.6 Å². The molecule has 0 aliphatic carbocycles. The lowest BCUT2D eigenvalue weighted by Crippen LogP contribution is -2.61. The molecule has 11 heteroatoms. The van der Waals surface area contributed by atoms with Crippen LogP contribution < -0.4 is 5.73 Å². The first-order valence-electron chi connectivity index (χ1n) is 12.1. The van der Waals surface area contributed by atoms with Gasteiger partial charge in [-0.15, -0.1) is 0 Å². The van der Waals surface area contributed by atoms with Gasteiger partial charge >= 0.3 is 12.4 Å². The summed E-state index contributed by atoms with van der Waals surface area (Å²) in [5, 5.41) is 0. The minimum absolute atomic E-state index is 0.0186. The monoisotopic (exact) mass is 532 g/mol. The molecular formula is C26H30F6N2O3. The fourth-order valence-electron chi connectivity index (χ4n) is 4.98. The molecule has 0 unspecified atom stereocenters. The van der Waals surface area contributed by atoms with E-state index in [0.717, 1.165) is 5.56 Å². The fourth-order valence-corrected chi connectivity index (χ4v) is 4.98. The molecule has 2 N–H and O–H groups in total. The van der Waals surface area contributed by atoms with Gasteiger partial charge in [0.1, 0.15) is 0 Å². The summed E-state index contributed by atoms with van der Waals surface area (Å²) in [7, 11) is 0. The van der Waals surface area contributed by atoms with E-state index in [4.69, 9.17) is 19.9 Å². The first-order chi connectivity index (χ1) is 17.3. The Morgan fingerprint density at radius 1 is 1.03 bits per heavy atom. The molecule has 0 amide bonds. The van der Waals surface area contributed by atoms with E-state index in [1.807, 2.05) is 30.3 Å². The SMILES string of the molecule is CC1OC(CN2C[C@H](N)CC[C@@]2(CO[C@H](C)c2cc(C(F)(F)F)cc(C(F)(F)F)c2)c2ccccc2)O1. The van der Waals surface area contributed by atoms with E-state index in [-0.39, 0.29) is 30.6 Å². The van der Waals surface area contributed by atoms with E-state index in [2.05, 4.69) is 4.90 Å². The number of ether oxygens (including phenoxy) is 3. The van der Waals surface area contributed by atoms with Crippen molar-refractivity contribution in [3.63, 3.8) is 0 Å². The van der Waals surface area contributed by atoms with E-state index in [0.29, 0.717) is 38.1 Å². The van der Waals surface area contributed by atoms with Crippen molar-refractivity contribution in [1.29, 1.82) is 0 Å². The lowest BCUT2D eigenvalue weighted by atomic mass is 9.79. The third kappa shape index (κ3) is 6.28. The number of rotatable bonds is 7. The van der Waals surface area contributed by atoms with Gasteiger partial charge in [-0.1, -0.05) is 30.3 Å². The van der Waals surface area contributed by atoms with Crippen molar-refractivity contribution in [2.45, 2.75) is 69.3 Å². The molecule has 204 valence electrons. The van der Waals surface area contributed by atoms with Gasteiger partial charge in [-0.2, -0.15) is 26.3 Å². The van der Waals surface area contributed by atoms with Crippen molar-refractivity contribution in [3.05, 3.63) is 70.8 Å². The Morgan fingerprint density at radius 3 is 2.16 bits per heavy atom. The van der Waals surface area contributed by atoms with Gasteiger partial charge in [0.15, 0.2) is 12.6 Å². The molecule has 2 aliphatic rings. The third-order valence-electron chi connectivity index (χ3n) is 7.01. The van der Waals surface area contributed by atoms with E-state index in [9.17, 15) is 26.3 Å². The lowest BCUT2D eigenvalue weighted by Gasteiger charge is -2.51. The third-order valence-corrected chi connectivity index (χ3v) is 7.01. The zero-order valence-corrected chi connectivity index (χ0v) is 20.5. The van der Waals surface area contributed by atoms with Crippen molar-refractivity contribution in [2.75, 3.05) is 19.7 Å². The number of benzene rings is 2. The summed E-state index contributed by atoms with van der Waals surface area (Å²) in [6.45, 7) is 4.12. The second-order valence-electron chi connectivity index (χ2n) is 9.66. The van der Waals surface area contributed by atoms with E-state index in [1.54, 1.807) is 6.92 Å². The number of alkyl halides is 6. The second-order valence-corrected chi connectivity index (χ2v) is 9.66. The molecule has 0 radical (unpaired) electrons. The Hall–Kier alpha value is -2.18. The first-order valence-corrected chi connectivity index (χ1v) is 12.1.